The third-order valence-electron chi connectivity index (χ3n) is 2.77. The second-order valence-corrected chi connectivity index (χ2v) is 5.77. The fraction of sp³-hybridized carbons (Fsp3) is 0.133. The summed E-state index contributed by atoms with van der Waals surface area (Å²) in [4.78, 5) is 12.1. The molecular formula is C15H12ClFO3S. The molecule has 6 heteroatoms. The molecule has 1 unspecified atom stereocenters. The molecule has 0 fully saturated rings. The van der Waals surface area contributed by atoms with Crippen LogP contribution < -0.4 is 4.74 Å². The second kappa shape index (κ2) is 6.83. The molecule has 0 spiro atoms. The van der Waals surface area contributed by atoms with E-state index in [2.05, 4.69) is 0 Å². The van der Waals surface area contributed by atoms with Gasteiger partial charge < -0.3 is 9.84 Å². The smallest absolute Gasteiger partial charge is 0.321 e. The van der Waals surface area contributed by atoms with E-state index in [1.807, 2.05) is 0 Å². The van der Waals surface area contributed by atoms with Crippen LogP contribution in [0.25, 0.3) is 0 Å². The minimum absolute atomic E-state index is 0.402. The van der Waals surface area contributed by atoms with Gasteiger partial charge in [0.15, 0.2) is 0 Å². The zero-order valence-corrected chi connectivity index (χ0v) is 12.6. The zero-order valence-electron chi connectivity index (χ0n) is 11.0. The number of carboxylic acids is 1. The molecule has 0 bridgehead atoms. The Bertz CT molecular complexity index is 646. The zero-order chi connectivity index (χ0) is 15.4. The van der Waals surface area contributed by atoms with Gasteiger partial charge in [-0.15, -0.1) is 11.8 Å². The van der Waals surface area contributed by atoms with E-state index < -0.39 is 17.0 Å². The number of benzene rings is 2. The van der Waals surface area contributed by atoms with E-state index in [1.54, 1.807) is 18.2 Å². The second-order valence-electron chi connectivity index (χ2n) is 4.18. The molecule has 1 N–H and O–H groups in total. The summed E-state index contributed by atoms with van der Waals surface area (Å²) in [6, 6.07) is 10.5. The Morgan fingerprint density at radius 3 is 2.52 bits per heavy atom. The maximum atomic E-state index is 12.9. The number of rotatable bonds is 5. The molecule has 0 amide bonds. The molecule has 21 heavy (non-hydrogen) atoms. The Balaban J connectivity index is 2.28. The number of carbonyl (C=O) groups is 1. The lowest BCUT2D eigenvalue weighted by Crippen LogP contribution is -2.07. The Morgan fingerprint density at radius 2 is 1.95 bits per heavy atom. The topological polar surface area (TPSA) is 46.5 Å². The van der Waals surface area contributed by atoms with E-state index in [0.29, 0.717) is 21.2 Å². The van der Waals surface area contributed by atoms with Crippen molar-refractivity contribution in [1.29, 1.82) is 0 Å². The number of hydrogen-bond acceptors (Lipinski definition) is 3. The van der Waals surface area contributed by atoms with E-state index in [1.165, 1.54) is 31.4 Å². The van der Waals surface area contributed by atoms with Gasteiger partial charge in [0.1, 0.15) is 16.8 Å². The van der Waals surface area contributed by atoms with Gasteiger partial charge in [0, 0.05) is 4.90 Å². The summed E-state index contributed by atoms with van der Waals surface area (Å²) in [5.41, 5.74) is 0.516. The van der Waals surface area contributed by atoms with Crippen molar-refractivity contribution in [2.45, 2.75) is 10.1 Å². The lowest BCUT2D eigenvalue weighted by atomic mass is 10.1. The van der Waals surface area contributed by atoms with Crippen LogP contribution in [0.3, 0.4) is 0 Å². The van der Waals surface area contributed by atoms with Gasteiger partial charge in [0.05, 0.1) is 12.1 Å². The van der Waals surface area contributed by atoms with Gasteiger partial charge in [0.25, 0.3) is 0 Å². The molecule has 3 nitrogen and oxygen atoms in total. The number of ether oxygens (including phenoxy) is 1. The Morgan fingerprint density at radius 1 is 1.29 bits per heavy atom. The van der Waals surface area contributed by atoms with Crippen molar-refractivity contribution in [3.63, 3.8) is 0 Å². The molecule has 0 aliphatic rings. The average molecular weight is 327 g/mol. The summed E-state index contributed by atoms with van der Waals surface area (Å²) < 4.78 is 18.0. The van der Waals surface area contributed by atoms with Crippen LogP contribution in [0.15, 0.2) is 47.4 Å². The molecule has 2 rings (SSSR count). The van der Waals surface area contributed by atoms with E-state index in [4.69, 9.17) is 16.3 Å². The maximum Gasteiger partial charge on any atom is 0.321 e. The fourth-order valence-corrected chi connectivity index (χ4v) is 2.93. The van der Waals surface area contributed by atoms with Crippen LogP contribution in [-0.2, 0) is 4.79 Å². The quantitative estimate of drug-likeness (QED) is 0.827. The molecule has 110 valence electrons. The lowest BCUT2D eigenvalue weighted by molar-refractivity contribution is -0.136. The number of aliphatic carboxylic acids is 1. The largest absolute Gasteiger partial charge is 0.495 e. The van der Waals surface area contributed by atoms with Gasteiger partial charge in [0.2, 0.25) is 0 Å². The highest BCUT2D eigenvalue weighted by Gasteiger charge is 2.21. The Labute approximate surface area is 130 Å². The van der Waals surface area contributed by atoms with Gasteiger partial charge in [-0.25, -0.2) is 4.39 Å². The summed E-state index contributed by atoms with van der Waals surface area (Å²) in [5.74, 6) is -0.925. The summed E-state index contributed by atoms with van der Waals surface area (Å²) in [6.07, 6.45) is 0. The highest BCUT2D eigenvalue weighted by molar-refractivity contribution is 8.00. The molecule has 2 aromatic carbocycles. The molecule has 0 aliphatic heterocycles. The predicted molar refractivity (Wildman–Crippen MR) is 80.6 cm³/mol. The number of halogens is 2. The van der Waals surface area contributed by atoms with Crippen molar-refractivity contribution in [2.75, 3.05) is 7.11 Å². The third kappa shape index (κ3) is 3.89. The van der Waals surface area contributed by atoms with Crippen LogP contribution in [-0.4, -0.2) is 18.2 Å². The first-order valence-corrected chi connectivity index (χ1v) is 7.25. The number of thioether (sulfide) groups is 1. The van der Waals surface area contributed by atoms with Crippen molar-refractivity contribution < 1.29 is 19.0 Å². The minimum Gasteiger partial charge on any atom is -0.495 e. The summed E-state index contributed by atoms with van der Waals surface area (Å²) >= 11 is 7.07. The van der Waals surface area contributed by atoms with Crippen molar-refractivity contribution in [1.82, 2.24) is 0 Å². The fourth-order valence-electron chi connectivity index (χ4n) is 1.75. The summed E-state index contributed by atoms with van der Waals surface area (Å²) in [7, 11) is 1.49. The van der Waals surface area contributed by atoms with Crippen LogP contribution in [0.4, 0.5) is 4.39 Å². The number of methoxy groups -OCH3 is 1. The van der Waals surface area contributed by atoms with Crippen molar-refractivity contribution >= 4 is 29.3 Å². The monoisotopic (exact) mass is 326 g/mol. The Hall–Kier alpha value is -1.72. The summed E-state index contributed by atoms with van der Waals surface area (Å²) in [6.45, 7) is 0. The van der Waals surface area contributed by atoms with Gasteiger partial charge in [-0.1, -0.05) is 23.7 Å². The minimum atomic E-state index is -1.000. The molecule has 0 saturated carbocycles. The predicted octanol–water partition coefficient (Wildman–Crippen LogP) is 4.41. The molecule has 1 atom stereocenters. The van der Waals surface area contributed by atoms with Crippen LogP contribution >= 0.6 is 23.4 Å². The third-order valence-corrected chi connectivity index (χ3v) is 4.32. The standard InChI is InChI=1S/C15H12ClFO3S/c1-20-13-8-11(6-7-12(13)16)21-14(15(18)19)9-2-4-10(17)5-3-9/h2-8,14H,1H3,(H,18,19). The molecule has 0 radical (unpaired) electrons. The van der Waals surface area contributed by atoms with Gasteiger partial charge in [-0.2, -0.15) is 0 Å². The van der Waals surface area contributed by atoms with E-state index in [0.717, 1.165) is 11.8 Å². The van der Waals surface area contributed by atoms with Gasteiger partial charge >= 0.3 is 5.97 Å². The van der Waals surface area contributed by atoms with Crippen LogP contribution in [0.2, 0.25) is 5.02 Å². The van der Waals surface area contributed by atoms with Gasteiger partial charge in [-0.3, -0.25) is 4.79 Å². The number of carboxylic acid groups (broad SMARTS) is 1. The first-order chi connectivity index (χ1) is 10.0. The SMILES string of the molecule is COc1cc(SC(C(=O)O)c2ccc(F)cc2)ccc1Cl. The van der Waals surface area contributed by atoms with E-state index >= 15 is 0 Å². The molecule has 0 aliphatic carbocycles. The van der Waals surface area contributed by atoms with Crippen LogP contribution in [0.5, 0.6) is 5.75 Å². The molecular weight excluding hydrogens is 315 g/mol. The normalized spacial score (nSPS) is 12.0. The first kappa shape index (κ1) is 15.7. The van der Waals surface area contributed by atoms with E-state index in [9.17, 15) is 14.3 Å². The van der Waals surface area contributed by atoms with Crippen LogP contribution in [0.1, 0.15) is 10.8 Å². The Kier molecular flexibility index (Phi) is 5.09. The summed E-state index contributed by atoms with van der Waals surface area (Å²) in [5, 5.41) is 8.98. The van der Waals surface area contributed by atoms with Gasteiger partial charge in [-0.05, 0) is 35.9 Å². The highest BCUT2D eigenvalue weighted by atomic mass is 35.5. The lowest BCUT2D eigenvalue weighted by Gasteiger charge is -2.13. The van der Waals surface area contributed by atoms with Crippen molar-refractivity contribution in [3.05, 3.63) is 58.9 Å². The first-order valence-electron chi connectivity index (χ1n) is 5.99. The van der Waals surface area contributed by atoms with E-state index in [-0.39, 0.29) is 0 Å². The van der Waals surface area contributed by atoms with Crippen molar-refractivity contribution in [2.24, 2.45) is 0 Å². The van der Waals surface area contributed by atoms with Crippen LogP contribution in [0, 0.1) is 5.82 Å². The molecule has 0 aromatic heterocycles. The molecule has 0 heterocycles. The molecule has 0 saturated heterocycles. The number of hydrogen-bond donors (Lipinski definition) is 1. The average Bonchev–Trinajstić information content (AvgIpc) is 2.47. The molecule has 2 aromatic rings. The highest BCUT2D eigenvalue weighted by Crippen LogP contribution is 2.38. The maximum absolute atomic E-state index is 12.9. The van der Waals surface area contributed by atoms with Crippen molar-refractivity contribution in [3.8, 4) is 5.75 Å².